The van der Waals surface area contributed by atoms with Gasteiger partial charge in [0.2, 0.25) is 5.91 Å². The van der Waals surface area contributed by atoms with Crippen molar-refractivity contribution >= 4 is 28.2 Å². The van der Waals surface area contributed by atoms with Gasteiger partial charge in [-0.1, -0.05) is 36.9 Å². The third-order valence-corrected chi connectivity index (χ3v) is 8.14. The summed E-state index contributed by atoms with van der Waals surface area (Å²) in [6.45, 7) is 9.02. The number of nitriles is 1. The number of ether oxygens (including phenoxy) is 1. The number of carbonyl (C=O) groups excluding carboxylic acids is 1. The molecule has 0 radical (unpaired) electrons. The molecule has 2 aliphatic heterocycles. The predicted molar refractivity (Wildman–Crippen MR) is 158 cm³/mol. The van der Waals surface area contributed by atoms with Crippen molar-refractivity contribution in [2.24, 2.45) is 7.05 Å². The molecule has 1 saturated heterocycles. The molecule has 0 aliphatic carbocycles. The number of hydrogen-bond donors (Lipinski definition) is 0. The van der Waals surface area contributed by atoms with Gasteiger partial charge in [-0.25, -0.2) is 0 Å². The van der Waals surface area contributed by atoms with Crippen molar-refractivity contribution in [2.75, 3.05) is 29.4 Å². The molecule has 9 nitrogen and oxygen atoms in total. The molecule has 9 heteroatoms. The lowest BCUT2D eigenvalue weighted by Gasteiger charge is -2.41. The molecule has 0 unspecified atom stereocenters. The molecule has 0 spiro atoms. The van der Waals surface area contributed by atoms with E-state index in [1.165, 1.54) is 28.1 Å². The highest BCUT2D eigenvalue weighted by atomic mass is 16.5. The summed E-state index contributed by atoms with van der Waals surface area (Å²) in [4.78, 5) is 28.6. The smallest absolute Gasteiger partial charge is 0.319 e. The lowest BCUT2D eigenvalue weighted by atomic mass is 10.0. The van der Waals surface area contributed by atoms with E-state index in [1.54, 1.807) is 4.90 Å². The van der Waals surface area contributed by atoms with Crippen LogP contribution in [0.15, 0.2) is 67.4 Å². The average Bonchev–Trinajstić information content (AvgIpc) is 3.61. The molecule has 208 valence electrons. The highest BCUT2D eigenvalue weighted by Gasteiger charge is 2.34. The van der Waals surface area contributed by atoms with Gasteiger partial charge < -0.3 is 24.0 Å². The van der Waals surface area contributed by atoms with Crippen LogP contribution in [0.25, 0.3) is 10.8 Å². The molecule has 0 saturated carbocycles. The quantitative estimate of drug-likeness (QED) is 0.315. The number of benzene rings is 2. The van der Waals surface area contributed by atoms with Crippen LogP contribution >= 0.6 is 0 Å². The van der Waals surface area contributed by atoms with Gasteiger partial charge in [-0.2, -0.15) is 15.2 Å². The summed E-state index contributed by atoms with van der Waals surface area (Å²) in [5, 5.41) is 12.0. The maximum absolute atomic E-state index is 12.5. The van der Waals surface area contributed by atoms with Crippen LogP contribution in [0.5, 0.6) is 6.01 Å². The zero-order valence-electron chi connectivity index (χ0n) is 23.5. The second kappa shape index (κ2) is 11.0. The molecule has 1 atom stereocenters. The maximum Gasteiger partial charge on any atom is 0.319 e. The molecular weight excluding hydrogens is 514 g/mol. The number of aryl methyl sites for hydroxylation is 2. The van der Waals surface area contributed by atoms with Gasteiger partial charge in [0.05, 0.1) is 36.5 Å². The van der Waals surface area contributed by atoms with E-state index in [9.17, 15) is 10.1 Å². The van der Waals surface area contributed by atoms with Gasteiger partial charge in [-0.05, 0) is 42.1 Å². The zero-order chi connectivity index (χ0) is 28.5. The summed E-state index contributed by atoms with van der Waals surface area (Å²) in [6, 6.07) is 19.1. The Hall–Kier alpha value is -4.84. The number of carbonyl (C=O) groups is 1. The summed E-state index contributed by atoms with van der Waals surface area (Å²) >= 11 is 0. The molecule has 1 fully saturated rings. The third-order valence-electron chi connectivity index (χ3n) is 8.14. The molecule has 41 heavy (non-hydrogen) atoms. The van der Waals surface area contributed by atoms with E-state index in [2.05, 4.69) is 65.8 Å². The van der Waals surface area contributed by atoms with Crippen molar-refractivity contribution in [1.82, 2.24) is 19.4 Å². The van der Waals surface area contributed by atoms with Crippen molar-refractivity contribution in [3.8, 4) is 12.1 Å². The van der Waals surface area contributed by atoms with Gasteiger partial charge in [-0.15, -0.1) is 0 Å². The minimum Gasteiger partial charge on any atom is -0.457 e. The molecule has 0 N–H and O–H groups in total. The molecule has 2 aromatic heterocycles. The van der Waals surface area contributed by atoms with Crippen LogP contribution in [0.3, 0.4) is 0 Å². The topological polar surface area (TPSA) is 90.5 Å². The SMILES string of the molecule is C=CC(=O)N1CCN(c2nc(OCc3cccn3C)nc3c2CN(c2cccc4cccc(C)c24)C3)C[C@@H]1CC#N. The molecule has 4 aromatic rings. The van der Waals surface area contributed by atoms with Crippen LogP contribution in [0, 0.1) is 18.3 Å². The van der Waals surface area contributed by atoms with Crippen LogP contribution in [-0.4, -0.2) is 51.0 Å². The number of rotatable bonds is 7. The standard InChI is InChI=1S/C32H33N7O2/c1-4-29(40)39-17-16-37(18-24(39)13-14-33)31-26-19-38(28-12-6-10-23-9-5-8-22(2)30(23)28)20-27(26)34-32(35-31)41-21-25-11-7-15-36(25)3/h4-12,15,24H,1,13,16-21H2,2-3H3/t24-/m0/s1. The lowest BCUT2D eigenvalue weighted by molar-refractivity contribution is -0.128. The molecule has 6 rings (SSSR count). The Bertz CT molecular complexity index is 1670. The summed E-state index contributed by atoms with van der Waals surface area (Å²) < 4.78 is 8.17. The Labute approximate surface area is 239 Å². The Kier molecular flexibility index (Phi) is 7.06. The largest absolute Gasteiger partial charge is 0.457 e. The first kappa shape index (κ1) is 26.4. The Morgan fingerprint density at radius 2 is 1.95 bits per heavy atom. The first-order chi connectivity index (χ1) is 20.0. The number of piperazine rings is 1. The van der Waals surface area contributed by atoms with E-state index in [-0.39, 0.29) is 18.4 Å². The third kappa shape index (κ3) is 4.97. The van der Waals surface area contributed by atoms with Crippen molar-refractivity contribution in [2.45, 2.75) is 39.1 Å². The van der Waals surface area contributed by atoms with E-state index in [1.807, 2.05) is 29.9 Å². The average molecular weight is 548 g/mol. The number of fused-ring (bicyclic) bond motifs is 2. The zero-order valence-corrected chi connectivity index (χ0v) is 23.5. The van der Waals surface area contributed by atoms with Crippen LogP contribution in [0.2, 0.25) is 0 Å². The highest BCUT2D eigenvalue weighted by molar-refractivity contribution is 5.97. The molecule has 0 bridgehead atoms. The summed E-state index contributed by atoms with van der Waals surface area (Å²) in [6.07, 6.45) is 3.54. The van der Waals surface area contributed by atoms with E-state index in [4.69, 9.17) is 14.7 Å². The summed E-state index contributed by atoms with van der Waals surface area (Å²) in [5.74, 6) is 0.659. The minimum atomic E-state index is -0.254. The molecular formula is C32H33N7O2. The highest BCUT2D eigenvalue weighted by Crippen LogP contribution is 2.38. The Balaban J connectivity index is 1.36. The van der Waals surface area contributed by atoms with Crippen molar-refractivity contribution in [3.05, 3.63) is 89.9 Å². The molecule has 2 aliphatic rings. The summed E-state index contributed by atoms with van der Waals surface area (Å²) in [7, 11) is 1.98. The summed E-state index contributed by atoms with van der Waals surface area (Å²) in [5.41, 5.74) is 5.41. The number of anilines is 2. The molecule has 1 amide bonds. The number of hydrogen-bond acceptors (Lipinski definition) is 7. The van der Waals surface area contributed by atoms with Gasteiger partial charge >= 0.3 is 6.01 Å². The normalized spacial score (nSPS) is 16.5. The number of aromatic nitrogens is 3. The van der Waals surface area contributed by atoms with E-state index in [0.717, 1.165) is 22.8 Å². The first-order valence-corrected chi connectivity index (χ1v) is 13.9. The first-order valence-electron chi connectivity index (χ1n) is 13.9. The van der Waals surface area contributed by atoms with Gasteiger partial charge in [0.25, 0.3) is 0 Å². The van der Waals surface area contributed by atoms with Gasteiger partial charge in [0.15, 0.2) is 0 Å². The van der Waals surface area contributed by atoms with Gasteiger partial charge in [0, 0.05) is 56.1 Å². The van der Waals surface area contributed by atoms with E-state index in [0.29, 0.717) is 45.3 Å². The monoisotopic (exact) mass is 547 g/mol. The van der Waals surface area contributed by atoms with Crippen LogP contribution < -0.4 is 14.5 Å². The second-order valence-electron chi connectivity index (χ2n) is 10.7. The van der Waals surface area contributed by atoms with Crippen LogP contribution in [0.1, 0.15) is 28.9 Å². The predicted octanol–water partition coefficient (Wildman–Crippen LogP) is 4.49. The van der Waals surface area contributed by atoms with Gasteiger partial charge in [0.1, 0.15) is 12.4 Å². The second-order valence-corrected chi connectivity index (χ2v) is 10.7. The lowest BCUT2D eigenvalue weighted by Crippen LogP contribution is -2.55. The Morgan fingerprint density at radius 3 is 2.71 bits per heavy atom. The molecule has 2 aromatic carbocycles. The number of nitrogens with zero attached hydrogens (tertiary/aromatic N) is 7. The van der Waals surface area contributed by atoms with Crippen molar-refractivity contribution in [3.63, 3.8) is 0 Å². The Morgan fingerprint density at radius 1 is 1.12 bits per heavy atom. The van der Waals surface area contributed by atoms with Crippen molar-refractivity contribution < 1.29 is 9.53 Å². The molecule has 4 heterocycles. The fraction of sp³-hybridized carbons (Fsp3) is 0.312. The van der Waals surface area contributed by atoms with Crippen LogP contribution in [0.4, 0.5) is 11.5 Å². The van der Waals surface area contributed by atoms with E-state index < -0.39 is 0 Å². The fourth-order valence-electron chi connectivity index (χ4n) is 6.00. The van der Waals surface area contributed by atoms with E-state index >= 15 is 0 Å². The minimum absolute atomic E-state index is 0.151. The van der Waals surface area contributed by atoms with Crippen molar-refractivity contribution in [1.29, 1.82) is 5.26 Å². The number of amides is 1. The fourth-order valence-corrected chi connectivity index (χ4v) is 6.00. The van der Waals surface area contributed by atoms with Gasteiger partial charge in [-0.3, -0.25) is 4.79 Å². The maximum atomic E-state index is 12.5. The van der Waals surface area contributed by atoms with Crippen LogP contribution in [-0.2, 0) is 31.5 Å².